The molecule has 0 spiro atoms. The van der Waals surface area contributed by atoms with Crippen LogP contribution in [0.25, 0.3) is 0 Å². The highest BCUT2D eigenvalue weighted by atomic mass is 32.1. The van der Waals surface area contributed by atoms with Crippen LogP contribution in [0.3, 0.4) is 0 Å². The fourth-order valence-electron chi connectivity index (χ4n) is 2.73. The van der Waals surface area contributed by atoms with Crippen molar-refractivity contribution in [2.45, 2.75) is 38.0 Å². The third-order valence-electron chi connectivity index (χ3n) is 3.83. The molecule has 108 valence electrons. The van der Waals surface area contributed by atoms with Crippen LogP contribution in [0.15, 0.2) is 30.3 Å². The molecule has 20 heavy (non-hydrogen) atoms. The zero-order valence-corrected chi connectivity index (χ0v) is 12.5. The van der Waals surface area contributed by atoms with Gasteiger partial charge in [0.15, 0.2) is 0 Å². The maximum atomic E-state index is 12.2. The number of carbonyl (C=O) groups excluding carboxylic acids is 2. The van der Waals surface area contributed by atoms with Gasteiger partial charge in [-0.2, -0.15) is 12.6 Å². The zero-order chi connectivity index (χ0) is 14.5. The maximum absolute atomic E-state index is 12.2. The SMILES string of the molecule is CCC(=O)C1CC(S)CC1C(=O)OCc1ccccc1. The number of benzene rings is 1. The van der Waals surface area contributed by atoms with Crippen LogP contribution in [0.4, 0.5) is 0 Å². The molecule has 0 aromatic heterocycles. The summed E-state index contributed by atoms with van der Waals surface area (Å²) in [6.07, 6.45) is 1.78. The van der Waals surface area contributed by atoms with Gasteiger partial charge in [-0.3, -0.25) is 9.59 Å². The summed E-state index contributed by atoms with van der Waals surface area (Å²) < 4.78 is 5.36. The molecule has 3 atom stereocenters. The van der Waals surface area contributed by atoms with E-state index in [2.05, 4.69) is 12.6 Å². The van der Waals surface area contributed by atoms with Crippen molar-refractivity contribution in [2.75, 3.05) is 0 Å². The van der Waals surface area contributed by atoms with Crippen LogP contribution >= 0.6 is 12.6 Å². The normalized spacial score (nSPS) is 25.4. The summed E-state index contributed by atoms with van der Waals surface area (Å²) in [6, 6.07) is 9.57. The molecular formula is C16H20O3S. The zero-order valence-electron chi connectivity index (χ0n) is 11.6. The molecule has 2 rings (SSSR count). The summed E-state index contributed by atoms with van der Waals surface area (Å²) in [5.74, 6) is -0.667. The van der Waals surface area contributed by atoms with Gasteiger partial charge in [0, 0.05) is 17.6 Å². The second-order valence-electron chi connectivity index (χ2n) is 5.25. The molecule has 0 radical (unpaired) electrons. The standard InChI is InChI=1S/C16H20O3S/c1-2-15(17)13-8-12(20)9-14(13)16(18)19-10-11-6-4-3-5-7-11/h3-7,12-14,20H,2,8-10H2,1H3. The number of hydrogen-bond acceptors (Lipinski definition) is 4. The molecule has 1 aromatic carbocycles. The lowest BCUT2D eigenvalue weighted by atomic mass is 9.91. The van der Waals surface area contributed by atoms with Gasteiger partial charge in [-0.15, -0.1) is 0 Å². The minimum atomic E-state index is -0.325. The molecule has 3 nitrogen and oxygen atoms in total. The molecule has 1 fully saturated rings. The van der Waals surface area contributed by atoms with E-state index in [0.29, 0.717) is 19.3 Å². The molecule has 0 aliphatic heterocycles. The van der Waals surface area contributed by atoms with E-state index in [0.717, 1.165) is 5.56 Å². The van der Waals surface area contributed by atoms with Crippen LogP contribution < -0.4 is 0 Å². The van der Waals surface area contributed by atoms with E-state index in [1.54, 1.807) is 0 Å². The Morgan fingerprint density at radius 3 is 2.50 bits per heavy atom. The molecule has 0 N–H and O–H groups in total. The van der Waals surface area contributed by atoms with Gasteiger partial charge in [0.05, 0.1) is 5.92 Å². The molecule has 0 heterocycles. The number of ketones is 1. The Balaban J connectivity index is 1.95. The number of esters is 1. The lowest BCUT2D eigenvalue weighted by molar-refractivity contribution is -0.153. The second-order valence-corrected chi connectivity index (χ2v) is 5.98. The predicted octanol–water partition coefficient (Wildman–Crippen LogP) is 3.03. The third kappa shape index (κ3) is 3.63. The summed E-state index contributed by atoms with van der Waals surface area (Å²) in [5, 5.41) is 0.116. The molecule has 0 bridgehead atoms. The summed E-state index contributed by atoms with van der Waals surface area (Å²) in [6.45, 7) is 2.10. The fraction of sp³-hybridized carbons (Fsp3) is 0.500. The van der Waals surface area contributed by atoms with Crippen molar-refractivity contribution >= 4 is 24.4 Å². The van der Waals surface area contributed by atoms with E-state index >= 15 is 0 Å². The first-order valence-corrected chi connectivity index (χ1v) is 7.54. The summed E-state index contributed by atoms with van der Waals surface area (Å²) >= 11 is 4.42. The van der Waals surface area contributed by atoms with Crippen molar-refractivity contribution in [3.63, 3.8) is 0 Å². The topological polar surface area (TPSA) is 43.4 Å². The van der Waals surface area contributed by atoms with Gasteiger partial charge >= 0.3 is 5.97 Å². The van der Waals surface area contributed by atoms with Crippen LogP contribution in [0.2, 0.25) is 0 Å². The highest BCUT2D eigenvalue weighted by Crippen LogP contribution is 2.37. The molecule has 1 saturated carbocycles. The van der Waals surface area contributed by atoms with E-state index in [1.807, 2.05) is 37.3 Å². The summed E-state index contributed by atoms with van der Waals surface area (Å²) in [7, 11) is 0. The highest BCUT2D eigenvalue weighted by Gasteiger charge is 2.41. The second kappa shape index (κ2) is 6.93. The number of Topliss-reactive ketones (excluding diaryl/α,β-unsaturated/α-hetero) is 1. The van der Waals surface area contributed by atoms with Crippen LogP contribution in [0, 0.1) is 11.8 Å². The van der Waals surface area contributed by atoms with E-state index in [-0.39, 0.29) is 35.4 Å². The Morgan fingerprint density at radius 1 is 1.20 bits per heavy atom. The molecule has 1 aliphatic rings. The largest absolute Gasteiger partial charge is 0.461 e. The monoisotopic (exact) mass is 292 g/mol. The Kier molecular flexibility index (Phi) is 5.24. The maximum Gasteiger partial charge on any atom is 0.310 e. The van der Waals surface area contributed by atoms with Crippen LogP contribution in [-0.2, 0) is 20.9 Å². The minimum Gasteiger partial charge on any atom is -0.461 e. The van der Waals surface area contributed by atoms with Gasteiger partial charge in [0.25, 0.3) is 0 Å². The molecule has 3 unspecified atom stereocenters. The van der Waals surface area contributed by atoms with Crippen molar-refractivity contribution in [2.24, 2.45) is 11.8 Å². The number of ether oxygens (including phenoxy) is 1. The average molecular weight is 292 g/mol. The number of carbonyl (C=O) groups is 2. The first kappa shape index (κ1) is 15.1. The lowest BCUT2D eigenvalue weighted by Crippen LogP contribution is -2.26. The van der Waals surface area contributed by atoms with Crippen LogP contribution in [-0.4, -0.2) is 17.0 Å². The average Bonchev–Trinajstić information content (AvgIpc) is 2.87. The van der Waals surface area contributed by atoms with Crippen LogP contribution in [0.5, 0.6) is 0 Å². The Bertz CT molecular complexity index is 472. The van der Waals surface area contributed by atoms with Gasteiger partial charge in [-0.05, 0) is 18.4 Å². The lowest BCUT2D eigenvalue weighted by Gasteiger charge is -2.16. The van der Waals surface area contributed by atoms with Crippen molar-refractivity contribution in [3.05, 3.63) is 35.9 Å². The van der Waals surface area contributed by atoms with Crippen molar-refractivity contribution in [3.8, 4) is 0 Å². The van der Waals surface area contributed by atoms with Crippen molar-refractivity contribution in [1.82, 2.24) is 0 Å². The quantitative estimate of drug-likeness (QED) is 0.670. The van der Waals surface area contributed by atoms with E-state index in [1.165, 1.54) is 0 Å². The van der Waals surface area contributed by atoms with E-state index in [9.17, 15) is 9.59 Å². The molecule has 1 aliphatic carbocycles. The van der Waals surface area contributed by atoms with Gasteiger partial charge in [0.2, 0.25) is 0 Å². The van der Waals surface area contributed by atoms with Crippen molar-refractivity contribution in [1.29, 1.82) is 0 Å². The highest BCUT2D eigenvalue weighted by molar-refractivity contribution is 7.81. The van der Waals surface area contributed by atoms with E-state index in [4.69, 9.17) is 4.74 Å². The van der Waals surface area contributed by atoms with Crippen LogP contribution in [0.1, 0.15) is 31.7 Å². The minimum absolute atomic E-state index is 0.116. The van der Waals surface area contributed by atoms with Gasteiger partial charge in [0.1, 0.15) is 12.4 Å². The molecule has 4 heteroatoms. The van der Waals surface area contributed by atoms with Gasteiger partial charge in [-0.1, -0.05) is 37.3 Å². The molecule has 0 saturated heterocycles. The number of rotatable bonds is 5. The Hall–Kier alpha value is -1.29. The third-order valence-corrected chi connectivity index (χ3v) is 4.25. The summed E-state index contributed by atoms with van der Waals surface area (Å²) in [4.78, 5) is 24.1. The molecule has 1 aromatic rings. The first-order chi connectivity index (χ1) is 9.61. The Labute approximate surface area is 125 Å². The first-order valence-electron chi connectivity index (χ1n) is 7.03. The van der Waals surface area contributed by atoms with Gasteiger partial charge in [-0.25, -0.2) is 0 Å². The van der Waals surface area contributed by atoms with Crippen molar-refractivity contribution < 1.29 is 14.3 Å². The predicted molar refractivity (Wildman–Crippen MR) is 80.5 cm³/mol. The van der Waals surface area contributed by atoms with E-state index < -0.39 is 0 Å². The molecular weight excluding hydrogens is 272 g/mol. The van der Waals surface area contributed by atoms with Gasteiger partial charge < -0.3 is 4.74 Å². The molecule has 0 amide bonds. The number of thiol groups is 1. The fourth-order valence-corrected chi connectivity index (χ4v) is 3.18. The smallest absolute Gasteiger partial charge is 0.310 e. The number of hydrogen-bond donors (Lipinski definition) is 1. The Morgan fingerprint density at radius 2 is 1.85 bits per heavy atom. The summed E-state index contributed by atoms with van der Waals surface area (Å²) in [5.41, 5.74) is 0.958.